The maximum absolute atomic E-state index is 12.0. The van der Waals surface area contributed by atoms with E-state index in [0.29, 0.717) is 19.1 Å². The Morgan fingerprint density at radius 1 is 1.60 bits per heavy atom. The smallest absolute Gasteiger partial charge is 0.234 e. The molecule has 0 radical (unpaired) electrons. The summed E-state index contributed by atoms with van der Waals surface area (Å²) in [5, 5.41) is 5.08. The van der Waals surface area contributed by atoms with Gasteiger partial charge in [-0.25, -0.2) is 0 Å². The number of hydrogen-bond donors (Lipinski definition) is 2. The molecule has 5 heteroatoms. The molecule has 1 amide bonds. The molecule has 20 heavy (non-hydrogen) atoms. The van der Waals surface area contributed by atoms with Gasteiger partial charge in [-0.3, -0.25) is 9.69 Å². The first-order valence-electron chi connectivity index (χ1n) is 7.42. The van der Waals surface area contributed by atoms with E-state index in [0.717, 1.165) is 31.8 Å². The van der Waals surface area contributed by atoms with Crippen LogP contribution in [-0.4, -0.2) is 43.0 Å². The number of rotatable bonds is 6. The van der Waals surface area contributed by atoms with Gasteiger partial charge in [-0.2, -0.15) is 0 Å². The molecule has 2 rings (SSSR count). The third-order valence-corrected chi connectivity index (χ3v) is 4.93. The topological polar surface area (TPSA) is 58.4 Å². The molecule has 112 valence electrons. The number of likely N-dealkylation sites (tertiary alicyclic amines) is 1. The van der Waals surface area contributed by atoms with E-state index >= 15 is 0 Å². The van der Waals surface area contributed by atoms with Crippen LogP contribution in [0, 0.1) is 5.92 Å². The minimum Gasteiger partial charge on any atom is -0.355 e. The van der Waals surface area contributed by atoms with Crippen LogP contribution in [0.25, 0.3) is 0 Å². The summed E-state index contributed by atoms with van der Waals surface area (Å²) in [6.07, 6.45) is 3.19. The predicted molar refractivity (Wildman–Crippen MR) is 83.8 cm³/mol. The summed E-state index contributed by atoms with van der Waals surface area (Å²) in [7, 11) is 0. The maximum atomic E-state index is 12.0. The Balaban J connectivity index is 1.70. The third-order valence-electron chi connectivity index (χ3n) is 3.99. The molecule has 2 unspecified atom stereocenters. The van der Waals surface area contributed by atoms with Crippen molar-refractivity contribution in [3.05, 3.63) is 22.4 Å². The zero-order valence-electron chi connectivity index (χ0n) is 12.2. The number of hydrogen-bond acceptors (Lipinski definition) is 4. The predicted octanol–water partition coefficient (Wildman–Crippen LogP) is 1.47. The highest BCUT2D eigenvalue weighted by molar-refractivity contribution is 7.09. The first kappa shape index (κ1) is 15.5. The number of amides is 1. The zero-order chi connectivity index (χ0) is 14.4. The Bertz CT molecular complexity index is 407. The van der Waals surface area contributed by atoms with Crippen molar-refractivity contribution in [2.45, 2.75) is 32.2 Å². The number of piperidine rings is 1. The minimum atomic E-state index is 0.120. The van der Waals surface area contributed by atoms with Crippen LogP contribution in [0.3, 0.4) is 0 Å². The number of nitrogens with two attached hydrogens (primary N) is 1. The van der Waals surface area contributed by atoms with Crippen LogP contribution in [0.1, 0.15) is 24.6 Å². The van der Waals surface area contributed by atoms with Gasteiger partial charge in [0.25, 0.3) is 0 Å². The molecule has 0 aliphatic carbocycles. The molecule has 0 bridgehead atoms. The van der Waals surface area contributed by atoms with E-state index in [4.69, 9.17) is 5.73 Å². The molecule has 4 nitrogen and oxygen atoms in total. The van der Waals surface area contributed by atoms with E-state index in [2.05, 4.69) is 28.6 Å². The van der Waals surface area contributed by atoms with Crippen LogP contribution in [0.4, 0.5) is 0 Å². The van der Waals surface area contributed by atoms with Gasteiger partial charge in [-0.1, -0.05) is 13.0 Å². The molecule has 1 aliphatic rings. The van der Waals surface area contributed by atoms with Crippen molar-refractivity contribution in [1.82, 2.24) is 10.2 Å². The van der Waals surface area contributed by atoms with Gasteiger partial charge in [-0.15, -0.1) is 11.3 Å². The van der Waals surface area contributed by atoms with Gasteiger partial charge >= 0.3 is 0 Å². The number of thiophene rings is 1. The average molecular weight is 295 g/mol. The van der Waals surface area contributed by atoms with Crippen LogP contribution < -0.4 is 11.1 Å². The van der Waals surface area contributed by atoms with Crippen LogP contribution in [0.2, 0.25) is 0 Å². The third kappa shape index (κ3) is 4.58. The summed E-state index contributed by atoms with van der Waals surface area (Å²) in [5.41, 5.74) is 5.82. The van der Waals surface area contributed by atoms with E-state index in [-0.39, 0.29) is 5.91 Å². The fourth-order valence-corrected chi connectivity index (χ4v) is 3.48. The molecular formula is C15H25N3OS. The quantitative estimate of drug-likeness (QED) is 0.835. The van der Waals surface area contributed by atoms with Crippen LogP contribution >= 0.6 is 11.3 Å². The monoisotopic (exact) mass is 295 g/mol. The SMILES string of the molecule is CC1CCN(CC(=O)NCCc2cccs2)C(CN)C1. The number of nitrogens with one attached hydrogen (secondary N) is 1. The van der Waals surface area contributed by atoms with Crippen LogP contribution in [0.5, 0.6) is 0 Å². The molecule has 0 aromatic carbocycles. The summed E-state index contributed by atoms with van der Waals surface area (Å²) < 4.78 is 0. The molecule has 0 saturated carbocycles. The zero-order valence-corrected chi connectivity index (χ0v) is 13.0. The van der Waals surface area contributed by atoms with Gasteiger partial charge in [0.2, 0.25) is 5.91 Å². The minimum absolute atomic E-state index is 0.120. The average Bonchev–Trinajstić information content (AvgIpc) is 2.94. The van der Waals surface area contributed by atoms with Crippen LogP contribution in [0.15, 0.2) is 17.5 Å². The molecule has 3 N–H and O–H groups in total. The molecule has 1 aliphatic heterocycles. The van der Waals surface area contributed by atoms with Gasteiger partial charge in [0, 0.05) is 24.0 Å². The number of carbonyl (C=O) groups excluding carboxylic acids is 1. The molecular weight excluding hydrogens is 270 g/mol. The Kier molecular flexibility index (Phi) is 6.01. The molecule has 0 spiro atoms. The van der Waals surface area contributed by atoms with Crippen molar-refractivity contribution in [1.29, 1.82) is 0 Å². The van der Waals surface area contributed by atoms with Gasteiger partial charge in [0.05, 0.1) is 6.54 Å². The molecule has 2 atom stereocenters. The van der Waals surface area contributed by atoms with Crippen LogP contribution in [-0.2, 0) is 11.2 Å². The highest BCUT2D eigenvalue weighted by Gasteiger charge is 2.26. The van der Waals surface area contributed by atoms with E-state index in [9.17, 15) is 4.79 Å². The Morgan fingerprint density at radius 3 is 3.15 bits per heavy atom. The molecule has 1 aromatic rings. The first-order chi connectivity index (χ1) is 9.69. The van der Waals surface area contributed by atoms with Crippen molar-refractivity contribution in [3.63, 3.8) is 0 Å². The molecule has 1 saturated heterocycles. The lowest BCUT2D eigenvalue weighted by Gasteiger charge is -2.37. The van der Waals surface area contributed by atoms with E-state index in [1.54, 1.807) is 11.3 Å². The second-order valence-corrected chi connectivity index (χ2v) is 6.70. The highest BCUT2D eigenvalue weighted by atomic mass is 32.1. The lowest BCUT2D eigenvalue weighted by molar-refractivity contribution is -0.123. The maximum Gasteiger partial charge on any atom is 0.234 e. The summed E-state index contributed by atoms with van der Waals surface area (Å²) in [4.78, 5) is 15.5. The summed E-state index contributed by atoms with van der Waals surface area (Å²) >= 11 is 1.74. The number of carbonyl (C=O) groups is 1. The lowest BCUT2D eigenvalue weighted by atomic mass is 9.92. The van der Waals surface area contributed by atoms with Gasteiger partial charge < -0.3 is 11.1 Å². The lowest BCUT2D eigenvalue weighted by Crippen LogP contribution is -2.50. The summed E-state index contributed by atoms with van der Waals surface area (Å²) in [6, 6.07) is 4.51. The molecule has 1 fully saturated rings. The standard InChI is InChI=1S/C15H25N3OS/c1-12-5-7-18(13(9-12)10-16)11-15(19)17-6-4-14-3-2-8-20-14/h2-3,8,12-13H,4-7,9-11,16H2,1H3,(H,17,19). The van der Waals surface area contributed by atoms with Crippen molar-refractivity contribution in [2.24, 2.45) is 11.7 Å². The van der Waals surface area contributed by atoms with Gasteiger partial charge in [0.1, 0.15) is 0 Å². The fraction of sp³-hybridized carbons (Fsp3) is 0.667. The van der Waals surface area contributed by atoms with Crippen molar-refractivity contribution in [2.75, 3.05) is 26.2 Å². The van der Waals surface area contributed by atoms with Crippen molar-refractivity contribution in [3.8, 4) is 0 Å². The highest BCUT2D eigenvalue weighted by Crippen LogP contribution is 2.21. The Morgan fingerprint density at radius 2 is 2.45 bits per heavy atom. The number of nitrogens with zero attached hydrogens (tertiary/aromatic N) is 1. The van der Waals surface area contributed by atoms with Crippen molar-refractivity contribution >= 4 is 17.2 Å². The Labute approximate surface area is 125 Å². The van der Waals surface area contributed by atoms with Crippen molar-refractivity contribution < 1.29 is 4.79 Å². The second kappa shape index (κ2) is 7.76. The van der Waals surface area contributed by atoms with Gasteiger partial charge in [0.15, 0.2) is 0 Å². The fourth-order valence-electron chi connectivity index (χ4n) is 2.77. The normalized spacial score (nSPS) is 23.7. The first-order valence-corrected chi connectivity index (χ1v) is 8.30. The summed E-state index contributed by atoms with van der Waals surface area (Å²) in [5.74, 6) is 0.844. The van der Waals surface area contributed by atoms with E-state index in [1.165, 1.54) is 11.3 Å². The molecule has 2 heterocycles. The second-order valence-electron chi connectivity index (χ2n) is 5.67. The Hall–Kier alpha value is -0.910. The van der Waals surface area contributed by atoms with E-state index < -0.39 is 0 Å². The van der Waals surface area contributed by atoms with Gasteiger partial charge in [-0.05, 0) is 43.2 Å². The van der Waals surface area contributed by atoms with E-state index in [1.807, 2.05) is 6.07 Å². The summed E-state index contributed by atoms with van der Waals surface area (Å²) in [6.45, 7) is 5.10. The molecule has 1 aromatic heterocycles. The largest absolute Gasteiger partial charge is 0.355 e.